The minimum Gasteiger partial charge on any atom is -0.465 e. The Morgan fingerprint density at radius 1 is 1.64 bits per heavy atom. The minimum atomic E-state index is -1.02. The van der Waals surface area contributed by atoms with Crippen molar-refractivity contribution in [2.75, 3.05) is 13.2 Å². The highest BCUT2D eigenvalue weighted by Crippen LogP contribution is 2.16. The molecule has 1 saturated heterocycles. The van der Waals surface area contributed by atoms with Crippen LogP contribution in [-0.4, -0.2) is 36.5 Å². The van der Waals surface area contributed by atoms with Gasteiger partial charge < -0.3 is 20.9 Å². The summed E-state index contributed by atoms with van der Waals surface area (Å²) in [6.45, 7) is 1.11. The summed E-state index contributed by atoms with van der Waals surface area (Å²) in [4.78, 5) is 10.4. The molecule has 0 aromatic rings. The number of carbonyl (C=O) groups is 1. The van der Waals surface area contributed by atoms with Gasteiger partial charge in [0.05, 0.1) is 6.10 Å². The largest absolute Gasteiger partial charge is 0.465 e. The van der Waals surface area contributed by atoms with Crippen molar-refractivity contribution in [1.82, 2.24) is 5.32 Å². The maximum absolute atomic E-state index is 10.4. The summed E-state index contributed by atoms with van der Waals surface area (Å²) >= 11 is 0. The molecule has 1 amide bonds. The van der Waals surface area contributed by atoms with E-state index < -0.39 is 6.09 Å². The average molecular weight is 202 g/mol. The van der Waals surface area contributed by atoms with Gasteiger partial charge in [0.25, 0.3) is 0 Å². The quantitative estimate of drug-likeness (QED) is 0.621. The Kier molecular flexibility index (Phi) is 4.69. The first-order chi connectivity index (χ1) is 6.72. The summed E-state index contributed by atoms with van der Waals surface area (Å²) in [7, 11) is 0. The third-order valence-electron chi connectivity index (χ3n) is 2.43. The van der Waals surface area contributed by atoms with Crippen LogP contribution < -0.4 is 11.1 Å². The van der Waals surface area contributed by atoms with Crippen molar-refractivity contribution < 1.29 is 14.6 Å². The zero-order chi connectivity index (χ0) is 10.4. The minimum absolute atomic E-state index is 0.171. The Morgan fingerprint density at radius 2 is 2.43 bits per heavy atom. The van der Waals surface area contributed by atoms with E-state index in [1.165, 1.54) is 0 Å². The van der Waals surface area contributed by atoms with Crippen LogP contribution in [0.3, 0.4) is 0 Å². The van der Waals surface area contributed by atoms with Crippen LogP contribution in [0.4, 0.5) is 4.79 Å². The number of carboxylic acid groups (broad SMARTS) is 1. The predicted molar refractivity (Wildman–Crippen MR) is 52.2 cm³/mol. The molecule has 0 saturated carbocycles. The van der Waals surface area contributed by atoms with Crippen molar-refractivity contribution in [3.05, 3.63) is 0 Å². The molecule has 0 aromatic carbocycles. The van der Waals surface area contributed by atoms with Crippen molar-refractivity contribution in [2.45, 2.75) is 37.8 Å². The van der Waals surface area contributed by atoms with Gasteiger partial charge in [-0.2, -0.15) is 0 Å². The summed E-state index contributed by atoms with van der Waals surface area (Å²) in [6.07, 6.45) is 3.12. The fourth-order valence-electron chi connectivity index (χ4n) is 1.70. The number of rotatable bonds is 4. The lowest BCUT2D eigenvalue weighted by atomic mass is 10.0. The Morgan fingerprint density at radius 3 is 2.93 bits per heavy atom. The van der Waals surface area contributed by atoms with Gasteiger partial charge in [-0.1, -0.05) is 0 Å². The fourth-order valence-corrected chi connectivity index (χ4v) is 1.70. The number of ether oxygens (including phenoxy) is 1. The van der Waals surface area contributed by atoms with Gasteiger partial charge in [0.1, 0.15) is 0 Å². The molecule has 1 aliphatic rings. The topological polar surface area (TPSA) is 84.6 Å². The van der Waals surface area contributed by atoms with Gasteiger partial charge in [-0.15, -0.1) is 0 Å². The van der Waals surface area contributed by atoms with Gasteiger partial charge >= 0.3 is 6.09 Å². The number of nitrogens with two attached hydrogens (primary N) is 1. The Hall–Kier alpha value is -0.810. The first-order valence-electron chi connectivity index (χ1n) is 5.03. The highest BCUT2D eigenvalue weighted by Gasteiger charge is 2.19. The van der Waals surface area contributed by atoms with E-state index in [2.05, 4.69) is 5.32 Å². The fraction of sp³-hybridized carbons (Fsp3) is 0.889. The first kappa shape index (κ1) is 11.3. The van der Waals surface area contributed by atoms with Crippen LogP contribution in [0, 0.1) is 0 Å². The molecule has 0 aromatic heterocycles. The average Bonchev–Trinajstić information content (AvgIpc) is 2.17. The van der Waals surface area contributed by atoms with Crippen molar-refractivity contribution >= 4 is 6.09 Å². The van der Waals surface area contributed by atoms with Gasteiger partial charge in [0.15, 0.2) is 0 Å². The van der Waals surface area contributed by atoms with E-state index in [4.69, 9.17) is 15.6 Å². The van der Waals surface area contributed by atoms with Crippen LogP contribution in [0.25, 0.3) is 0 Å². The molecule has 1 unspecified atom stereocenters. The standard InChI is InChI=1S/C9H18N2O3/c10-6-7(11-9(12)13)5-8-3-1-2-4-14-8/h7-8,11H,1-6,10H2,(H,12,13)/t7-,8?/m0/s1. The second-order valence-corrected chi connectivity index (χ2v) is 3.61. The molecule has 14 heavy (non-hydrogen) atoms. The summed E-state index contributed by atoms with van der Waals surface area (Å²) in [5, 5.41) is 10.9. The van der Waals surface area contributed by atoms with Gasteiger partial charge in [-0.25, -0.2) is 4.79 Å². The Labute approximate surface area is 83.6 Å². The molecule has 1 heterocycles. The third kappa shape index (κ3) is 3.93. The predicted octanol–water partition coefficient (Wildman–Crippen LogP) is 0.540. The number of hydrogen-bond acceptors (Lipinski definition) is 3. The normalized spacial score (nSPS) is 24.2. The Bertz CT molecular complexity index is 181. The summed E-state index contributed by atoms with van der Waals surface area (Å²) < 4.78 is 5.50. The lowest BCUT2D eigenvalue weighted by molar-refractivity contribution is 0.00604. The lowest BCUT2D eigenvalue weighted by Gasteiger charge is -2.26. The number of hydrogen-bond donors (Lipinski definition) is 3. The molecule has 4 N–H and O–H groups in total. The molecule has 1 aliphatic heterocycles. The van der Waals surface area contributed by atoms with E-state index in [0.717, 1.165) is 25.9 Å². The van der Waals surface area contributed by atoms with Crippen LogP contribution in [0.15, 0.2) is 0 Å². The molecule has 0 bridgehead atoms. The second-order valence-electron chi connectivity index (χ2n) is 3.61. The van der Waals surface area contributed by atoms with Gasteiger partial charge in [-0.05, 0) is 25.7 Å². The van der Waals surface area contributed by atoms with Crippen LogP contribution in [0.5, 0.6) is 0 Å². The van der Waals surface area contributed by atoms with E-state index >= 15 is 0 Å². The molecular weight excluding hydrogens is 184 g/mol. The van der Waals surface area contributed by atoms with E-state index in [9.17, 15) is 4.79 Å². The molecule has 82 valence electrons. The van der Waals surface area contributed by atoms with Crippen molar-refractivity contribution in [3.63, 3.8) is 0 Å². The molecule has 0 aliphatic carbocycles. The first-order valence-corrected chi connectivity index (χ1v) is 5.03. The zero-order valence-electron chi connectivity index (χ0n) is 8.24. The van der Waals surface area contributed by atoms with Crippen molar-refractivity contribution in [3.8, 4) is 0 Å². The molecule has 2 atom stereocenters. The van der Waals surface area contributed by atoms with E-state index in [1.807, 2.05) is 0 Å². The van der Waals surface area contributed by atoms with Crippen LogP contribution in [0.2, 0.25) is 0 Å². The summed E-state index contributed by atoms with van der Waals surface area (Å²) in [5.74, 6) is 0. The van der Waals surface area contributed by atoms with Gasteiger partial charge in [0, 0.05) is 19.2 Å². The third-order valence-corrected chi connectivity index (χ3v) is 2.43. The van der Waals surface area contributed by atoms with Gasteiger partial charge in [0.2, 0.25) is 0 Å². The monoisotopic (exact) mass is 202 g/mol. The number of amides is 1. The van der Waals surface area contributed by atoms with Crippen LogP contribution >= 0.6 is 0 Å². The second kappa shape index (κ2) is 5.82. The summed E-state index contributed by atoms with van der Waals surface area (Å²) in [5.41, 5.74) is 5.46. The molecule has 0 spiro atoms. The molecule has 5 nitrogen and oxygen atoms in total. The highest BCUT2D eigenvalue weighted by molar-refractivity contribution is 5.64. The van der Waals surface area contributed by atoms with E-state index in [0.29, 0.717) is 13.0 Å². The maximum atomic E-state index is 10.4. The SMILES string of the molecule is NC[C@H](CC1CCCCO1)NC(=O)O. The van der Waals surface area contributed by atoms with Gasteiger partial charge in [-0.3, -0.25) is 0 Å². The van der Waals surface area contributed by atoms with E-state index in [-0.39, 0.29) is 12.1 Å². The molecular formula is C9H18N2O3. The maximum Gasteiger partial charge on any atom is 0.404 e. The lowest BCUT2D eigenvalue weighted by Crippen LogP contribution is -2.42. The van der Waals surface area contributed by atoms with E-state index in [1.54, 1.807) is 0 Å². The molecule has 0 radical (unpaired) electrons. The van der Waals surface area contributed by atoms with Crippen molar-refractivity contribution in [2.24, 2.45) is 5.73 Å². The zero-order valence-corrected chi connectivity index (χ0v) is 8.24. The van der Waals surface area contributed by atoms with Crippen LogP contribution in [-0.2, 0) is 4.74 Å². The highest BCUT2D eigenvalue weighted by atomic mass is 16.5. The Balaban J connectivity index is 2.27. The van der Waals surface area contributed by atoms with Crippen molar-refractivity contribution in [1.29, 1.82) is 0 Å². The van der Waals surface area contributed by atoms with Crippen LogP contribution in [0.1, 0.15) is 25.7 Å². The molecule has 1 fully saturated rings. The molecule has 5 heteroatoms. The summed E-state index contributed by atoms with van der Waals surface area (Å²) in [6, 6.07) is -0.185. The molecule has 1 rings (SSSR count). The number of nitrogens with one attached hydrogen (secondary N) is 1. The smallest absolute Gasteiger partial charge is 0.404 e.